The van der Waals surface area contributed by atoms with Gasteiger partial charge in [0.05, 0.1) is 0 Å². The number of aryl methyl sites for hydroxylation is 1. The van der Waals surface area contributed by atoms with Crippen molar-refractivity contribution in [1.29, 1.82) is 0 Å². The van der Waals surface area contributed by atoms with Gasteiger partial charge in [-0.05, 0) is 80.1 Å². The molecule has 0 N–H and O–H groups in total. The van der Waals surface area contributed by atoms with E-state index in [0.717, 1.165) is 6.42 Å². The van der Waals surface area contributed by atoms with Crippen LogP contribution in [0.15, 0.2) is 42.5 Å². The minimum atomic E-state index is 0.660. The van der Waals surface area contributed by atoms with Crippen molar-refractivity contribution in [2.24, 2.45) is 0 Å². The van der Waals surface area contributed by atoms with Gasteiger partial charge >= 0.3 is 0 Å². The fourth-order valence-electron chi connectivity index (χ4n) is 4.23. The van der Waals surface area contributed by atoms with E-state index >= 15 is 0 Å². The highest BCUT2D eigenvalue weighted by atomic mass is 15.1. The first kappa shape index (κ1) is 14.7. The lowest BCUT2D eigenvalue weighted by molar-refractivity contribution is 0.281. The normalized spacial score (nSPS) is 19.9. The highest BCUT2D eigenvalue weighted by molar-refractivity contribution is 5.95. The van der Waals surface area contributed by atoms with Crippen LogP contribution < -0.4 is 0 Å². The van der Waals surface area contributed by atoms with E-state index in [1.807, 2.05) is 0 Å². The molecule has 0 fully saturated rings. The molecule has 1 heteroatoms. The number of hydrogen-bond donors (Lipinski definition) is 0. The molecule has 2 aromatic carbocycles. The van der Waals surface area contributed by atoms with Crippen molar-refractivity contribution in [1.82, 2.24) is 4.90 Å². The molecule has 0 aromatic heterocycles. The maximum Gasteiger partial charge on any atom is 0.0133 e. The van der Waals surface area contributed by atoms with Gasteiger partial charge in [0, 0.05) is 6.04 Å². The van der Waals surface area contributed by atoms with Crippen LogP contribution in [0.25, 0.3) is 11.1 Å². The molecule has 1 atom stereocenters. The first-order valence-corrected chi connectivity index (χ1v) is 8.70. The molecule has 0 radical (unpaired) electrons. The molecule has 23 heavy (non-hydrogen) atoms. The Balaban J connectivity index is 1.95. The van der Waals surface area contributed by atoms with Gasteiger partial charge in [-0.2, -0.15) is 0 Å². The summed E-state index contributed by atoms with van der Waals surface area (Å²) >= 11 is 0. The van der Waals surface area contributed by atoms with E-state index < -0.39 is 0 Å². The second-order valence-electron chi connectivity index (χ2n) is 7.31. The first-order valence-electron chi connectivity index (χ1n) is 8.70. The molecule has 0 aliphatic heterocycles. The second kappa shape index (κ2) is 5.65. The van der Waals surface area contributed by atoms with E-state index in [1.54, 1.807) is 11.1 Å². The molecule has 0 bridgehead atoms. The highest BCUT2D eigenvalue weighted by Crippen LogP contribution is 2.44. The molecule has 118 valence electrons. The molecule has 0 spiro atoms. The van der Waals surface area contributed by atoms with Gasteiger partial charge in [0.15, 0.2) is 0 Å². The Hall–Kier alpha value is -1.86. The Morgan fingerprint density at radius 3 is 2.52 bits per heavy atom. The maximum absolute atomic E-state index is 2.41. The summed E-state index contributed by atoms with van der Waals surface area (Å²) in [5, 5.41) is 0. The van der Waals surface area contributed by atoms with Gasteiger partial charge in [0.25, 0.3) is 0 Å². The molecular formula is C22H25N. The number of fused-ring (bicyclic) bond motifs is 4. The average Bonchev–Trinajstić information content (AvgIpc) is 2.69. The summed E-state index contributed by atoms with van der Waals surface area (Å²) in [4.78, 5) is 2.40. The monoisotopic (exact) mass is 303 g/mol. The van der Waals surface area contributed by atoms with Crippen molar-refractivity contribution in [3.63, 3.8) is 0 Å². The average molecular weight is 303 g/mol. The molecule has 4 rings (SSSR count). The van der Waals surface area contributed by atoms with E-state index in [1.165, 1.54) is 47.1 Å². The van der Waals surface area contributed by atoms with E-state index in [9.17, 15) is 0 Å². The lowest BCUT2D eigenvalue weighted by Crippen LogP contribution is -2.30. The number of allylic oxidation sites excluding steroid dienone is 1. The topological polar surface area (TPSA) is 3.24 Å². The molecule has 0 saturated heterocycles. The van der Waals surface area contributed by atoms with Crippen molar-refractivity contribution in [2.75, 3.05) is 14.1 Å². The quantitative estimate of drug-likeness (QED) is 0.722. The number of hydrogen-bond acceptors (Lipinski definition) is 1. The molecule has 0 heterocycles. The standard InChI is InChI=1S/C22H25N/c1-15-8-9-17-13-16-6-4-5-7-19(16)20-11-10-18(23(2)3)14-22(20)21(17)12-15/h4-9,12,18H,10-11,13-14H2,1-3H3. The van der Waals surface area contributed by atoms with Crippen molar-refractivity contribution in [3.05, 3.63) is 70.3 Å². The van der Waals surface area contributed by atoms with Crippen LogP contribution in [0.4, 0.5) is 0 Å². The Bertz CT molecular complexity index is 782. The van der Waals surface area contributed by atoms with Crippen LogP contribution in [0.1, 0.15) is 47.1 Å². The van der Waals surface area contributed by atoms with Gasteiger partial charge in [0.2, 0.25) is 0 Å². The van der Waals surface area contributed by atoms with E-state index in [2.05, 4.69) is 68.4 Å². The minimum Gasteiger partial charge on any atom is -0.306 e. The number of nitrogens with zero attached hydrogens (tertiary/aromatic N) is 1. The molecule has 2 aliphatic rings. The van der Waals surface area contributed by atoms with Crippen LogP contribution in [0.3, 0.4) is 0 Å². The van der Waals surface area contributed by atoms with Crippen LogP contribution in [0, 0.1) is 6.92 Å². The summed E-state index contributed by atoms with van der Waals surface area (Å²) in [7, 11) is 4.44. The van der Waals surface area contributed by atoms with Crippen LogP contribution in [-0.4, -0.2) is 25.0 Å². The molecular weight excluding hydrogens is 278 g/mol. The lowest BCUT2D eigenvalue weighted by atomic mass is 9.81. The van der Waals surface area contributed by atoms with E-state index in [0.29, 0.717) is 6.04 Å². The molecule has 0 saturated carbocycles. The minimum absolute atomic E-state index is 0.660. The lowest BCUT2D eigenvalue weighted by Gasteiger charge is -2.32. The summed E-state index contributed by atoms with van der Waals surface area (Å²) in [6, 6.07) is 16.7. The van der Waals surface area contributed by atoms with Gasteiger partial charge in [-0.3, -0.25) is 0 Å². The predicted molar refractivity (Wildman–Crippen MR) is 98.6 cm³/mol. The predicted octanol–water partition coefficient (Wildman–Crippen LogP) is 4.92. The molecule has 1 unspecified atom stereocenters. The SMILES string of the molecule is Cc1ccc2c(c1)C1=C(CCC(N(C)C)C1)c1ccccc1C2. The number of benzene rings is 2. The third-order valence-corrected chi connectivity index (χ3v) is 5.58. The first-order chi connectivity index (χ1) is 11.1. The Labute approximate surface area is 139 Å². The van der Waals surface area contributed by atoms with Gasteiger partial charge < -0.3 is 4.90 Å². The summed E-state index contributed by atoms with van der Waals surface area (Å²) < 4.78 is 0. The van der Waals surface area contributed by atoms with Crippen LogP contribution in [0.5, 0.6) is 0 Å². The van der Waals surface area contributed by atoms with Crippen molar-refractivity contribution in [3.8, 4) is 0 Å². The van der Waals surface area contributed by atoms with Crippen LogP contribution in [0.2, 0.25) is 0 Å². The second-order valence-corrected chi connectivity index (χ2v) is 7.31. The maximum atomic E-state index is 2.41. The fourth-order valence-corrected chi connectivity index (χ4v) is 4.23. The summed E-state index contributed by atoms with van der Waals surface area (Å²) in [5.74, 6) is 0. The van der Waals surface area contributed by atoms with Crippen LogP contribution in [-0.2, 0) is 6.42 Å². The Kier molecular flexibility index (Phi) is 3.61. The molecule has 1 nitrogen and oxygen atoms in total. The zero-order valence-corrected chi connectivity index (χ0v) is 14.4. The molecule has 0 amide bonds. The van der Waals surface area contributed by atoms with Crippen molar-refractivity contribution < 1.29 is 0 Å². The van der Waals surface area contributed by atoms with Gasteiger partial charge in [0.1, 0.15) is 0 Å². The summed E-state index contributed by atoms with van der Waals surface area (Å²) in [6.07, 6.45) is 4.70. The third-order valence-electron chi connectivity index (χ3n) is 5.58. The highest BCUT2D eigenvalue weighted by Gasteiger charge is 2.28. The van der Waals surface area contributed by atoms with Crippen LogP contribution >= 0.6 is 0 Å². The molecule has 2 aliphatic carbocycles. The van der Waals surface area contributed by atoms with Gasteiger partial charge in [-0.15, -0.1) is 0 Å². The van der Waals surface area contributed by atoms with Crippen molar-refractivity contribution in [2.45, 2.75) is 38.6 Å². The Morgan fingerprint density at radius 1 is 0.913 bits per heavy atom. The fraction of sp³-hybridized carbons (Fsp3) is 0.364. The Morgan fingerprint density at radius 2 is 1.70 bits per heavy atom. The zero-order valence-electron chi connectivity index (χ0n) is 14.4. The van der Waals surface area contributed by atoms with Gasteiger partial charge in [-0.25, -0.2) is 0 Å². The summed E-state index contributed by atoms with van der Waals surface area (Å²) in [6.45, 7) is 2.21. The van der Waals surface area contributed by atoms with E-state index in [-0.39, 0.29) is 0 Å². The smallest absolute Gasteiger partial charge is 0.0133 e. The molecule has 2 aromatic rings. The van der Waals surface area contributed by atoms with E-state index in [4.69, 9.17) is 0 Å². The number of rotatable bonds is 1. The van der Waals surface area contributed by atoms with Crippen molar-refractivity contribution >= 4 is 11.1 Å². The largest absolute Gasteiger partial charge is 0.306 e. The third kappa shape index (κ3) is 2.53. The summed E-state index contributed by atoms with van der Waals surface area (Å²) in [5.41, 5.74) is 10.5. The van der Waals surface area contributed by atoms with Gasteiger partial charge in [-0.1, -0.05) is 48.0 Å². The zero-order chi connectivity index (χ0) is 16.0.